The highest BCUT2D eigenvalue weighted by atomic mass is 32.2. The average molecular weight is 488 g/mol. The minimum atomic E-state index is -3.53. The van der Waals surface area contributed by atoms with Gasteiger partial charge in [0, 0.05) is 29.8 Å². The van der Waals surface area contributed by atoms with Crippen LogP contribution >= 0.6 is 11.3 Å². The smallest absolute Gasteiger partial charge is 0.268 e. The van der Waals surface area contributed by atoms with Crippen molar-refractivity contribution in [3.05, 3.63) is 69.3 Å². The lowest BCUT2D eigenvalue weighted by molar-refractivity contribution is 0.456. The summed E-state index contributed by atoms with van der Waals surface area (Å²) in [5.41, 5.74) is 2.48. The molecule has 7 nitrogen and oxygen atoms in total. The van der Waals surface area contributed by atoms with Gasteiger partial charge in [-0.3, -0.25) is 9.52 Å². The van der Waals surface area contributed by atoms with Gasteiger partial charge in [-0.1, -0.05) is 0 Å². The molecular formula is C23H22FN3O4S2. The Morgan fingerprint density at radius 3 is 2.55 bits per heavy atom. The highest BCUT2D eigenvalue weighted by Gasteiger charge is 2.19. The number of fused-ring (bicyclic) bond motifs is 1. The van der Waals surface area contributed by atoms with E-state index in [2.05, 4.69) is 9.71 Å². The molecule has 172 valence electrons. The number of thiophene rings is 1. The standard InChI is InChI=1S/C23H22FN3O4S2/c1-5-33(29,30)26-16-10-18(19-12-27(4)23(28)21-17(19)6-7-32-21)22(25-11-16)31-20-13(2)8-15(24)9-14(20)3/h6-12,26H,5H2,1-4H3. The van der Waals surface area contributed by atoms with E-state index in [1.165, 1.54) is 41.2 Å². The van der Waals surface area contributed by atoms with Crippen LogP contribution in [0.25, 0.3) is 21.2 Å². The van der Waals surface area contributed by atoms with E-state index in [1.807, 2.05) is 11.4 Å². The Morgan fingerprint density at radius 1 is 1.18 bits per heavy atom. The van der Waals surface area contributed by atoms with E-state index in [4.69, 9.17) is 4.74 Å². The molecule has 0 amide bonds. The van der Waals surface area contributed by atoms with Crippen LogP contribution in [0.1, 0.15) is 18.1 Å². The lowest BCUT2D eigenvalue weighted by atomic mass is 10.0. The highest BCUT2D eigenvalue weighted by molar-refractivity contribution is 7.92. The van der Waals surface area contributed by atoms with Gasteiger partial charge in [-0.2, -0.15) is 0 Å². The SMILES string of the molecule is CCS(=O)(=O)Nc1cnc(Oc2c(C)cc(F)cc2C)c(-c2cn(C)c(=O)c3sccc23)c1. The van der Waals surface area contributed by atoms with E-state index >= 15 is 0 Å². The molecule has 3 heterocycles. The van der Waals surface area contributed by atoms with Crippen LogP contribution in [0.4, 0.5) is 10.1 Å². The number of sulfonamides is 1. The van der Waals surface area contributed by atoms with Gasteiger partial charge in [0.2, 0.25) is 15.9 Å². The molecule has 0 saturated heterocycles. The molecule has 3 aromatic heterocycles. The predicted molar refractivity (Wildman–Crippen MR) is 129 cm³/mol. The minimum Gasteiger partial charge on any atom is -0.438 e. The third-order valence-electron chi connectivity index (χ3n) is 5.21. The van der Waals surface area contributed by atoms with Gasteiger partial charge in [0.1, 0.15) is 16.3 Å². The summed E-state index contributed by atoms with van der Waals surface area (Å²) >= 11 is 1.32. The van der Waals surface area contributed by atoms with Crippen molar-refractivity contribution in [1.29, 1.82) is 0 Å². The van der Waals surface area contributed by atoms with Crippen LogP contribution in [-0.4, -0.2) is 23.7 Å². The molecule has 0 aliphatic rings. The summed E-state index contributed by atoms with van der Waals surface area (Å²) in [5.74, 6) is 0.202. The monoisotopic (exact) mass is 487 g/mol. The number of aromatic nitrogens is 2. The molecule has 0 atom stereocenters. The third kappa shape index (κ3) is 4.49. The van der Waals surface area contributed by atoms with Crippen molar-refractivity contribution in [1.82, 2.24) is 9.55 Å². The number of rotatable bonds is 6. The van der Waals surface area contributed by atoms with Crippen LogP contribution < -0.4 is 15.0 Å². The summed E-state index contributed by atoms with van der Waals surface area (Å²) in [6, 6.07) is 6.20. The molecule has 0 bridgehead atoms. The Morgan fingerprint density at radius 2 is 1.88 bits per heavy atom. The quantitative estimate of drug-likeness (QED) is 0.415. The predicted octanol–water partition coefficient (Wildman–Crippen LogP) is 4.97. The summed E-state index contributed by atoms with van der Waals surface area (Å²) in [7, 11) is -1.88. The summed E-state index contributed by atoms with van der Waals surface area (Å²) in [6.07, 6.45) is 3.04. The maximum Gasteiger partial charge on any atom is 0.268 e. The lowest BCUT2D eigenvalue weighted by Crippen LogP contribution is -2.16. The average Bonchev–Trinajstić information content (AvgIpc) is 3.24. The maximum atomic E-state index is 13.8. The Labute approximate surface area is 194 Å². The first-order valence-electron chi connectivity index (χ1n) is 10.1. The molecule has 0 radical (unpaired) electrons. The second-order valence-electron chi connectivity index (χ2n) is 7.68. The zero-order valence-electron chi connectivity index (χ0n) is 18.5. The molecule has 33 heavy (non-hydrogen) atoms. The summed E-state index contributed by atoms with van der Waals surface area (Å²) < 4.78 is 48.7. The first-order chi connectivity index (χ1) is 15.6. The van der Waals surface area contributed by atoms with Crippen molar-refractivity contribution in [2.24, 2.45) is 7.05 Å². The second-order valence-corrected chi connectivity index (χ2v) is 10.6. The van der Waals surface area contributed by atoms with Gasteiger partial charge in [0.25, 0.3) is 5.56 Å². The number of halogens is 1. The van der Waals surface area contributed by atoms with Crippen molar-refractivity contribution < 1.29 is 17.5 Å². The fraction of sp³-hybridized carbons (Fsp3) is 0.217. The van der Waals surface area contributed by atoms with Crippen LogP contribution in [0, 0.1) is 19.7 Å². The molecule has 1 N–H and O–H groups in total. The van der Waals surface area contributed by atoms with Crippen LogP contribution in [-0.2, 0) is 17.1 Å². The zero-order valence-corrected chi connectivity index (χ0v) is 20.1. The van der Waals surface area contributed by atoms with Crippen molar-refractivity contribution in [3.8, 4) is 22.8 Å². The normalized spacial score (nSPS) is 11.7. The van der Waals surface area contributed by atoms with E-state index in [1.54, 1.807) is 33.2 Å². The number of benzene rings is 1. The fourth-order valence-corrected chi connectivity index (χ4v) is 5.08. The minimum absolute atomic E-state index is 0.0941. The number of nitrogens with one attached hydrogen (secondary N) is 1. The van der Waals surface area contributed by atoms with Gasteiger partial charge < -0.3 is 9.30 Å². The lowest BCUT2D eigenvalue weighted by Gasteiger charge is -2.17. The number of hydrogen-bond donors (Lipinski definition) is 1. The molecule has 4 aromatic rings. The van der Waals surface area contributed by atoms with Gasteiger partial charge in [-0.25, -0.2) is 17.8 Å². The van der Waals surface area contributed by atoms with Gasteiger partial charge in [-0.15, -0.1) is 11.3 Å². The van der Waals surface area contributed by atoms with E-state index < -0.39 is 10.0 Å². The first-order valence-corrected chi connectivity index (χ1v) is 12.6. The molecule has 0 aliphatic carbocycles. The number of anilines is 1. The molecule has 0 aliphatic heterocycles. The Bertz CT molecular complexity index is 1520. The van der Waals surface area contributed by atoms with Crippen molar-refractivity contribution in [3.63, 3.8) is 0 Å². The fourth-order valence-electron chi connectivity index (χ4n) is 3.57. The van der Waals surface area contributed by atoms with E-state index in [-0.39, 0.29) is 28.7 Å². The summed E-state index contributed by atoms with van der Waals surface area (Å²) in [4.78, 5) is 17.0. The molecule has 0 unspecified atom stereocenters. The van der Waals surface area contributed by atoms with E-state index in [0.29, 0.717) is 38.1 Å². The Kier molecular flexibility index (Phi) is 5.98. The van der Waals surface area contributed by atoms with Gasteiger partial charge in [0.15, 0.2) is 0 Å². The van der Waals surface area contributed by atoms with Crippen molar-refractivity contribution in [2.75, 3.05) is 10.5 Å². The van der Waals surface area contributed by atoms with Gasteiger partial charge in [0.05, 0.1) is 17.6 Å². The van der Waals surface area contributed by atoms with Crippen molar-refractivity contribution >= 4 is 37.1 Å². The number of ether oxygens (including phenoxy) is 1. The molecule has 4 rings (SSSR count). The molecule has 0 saturated carbocycles. The number of nitrogens with zero attached hydrogens (tertiary/aromatic N) is 2. The Hall–Kier alpha value is -3.24. The topological polar surface area (TPSA) is 90.3 Å². The molecule has 0 fully saturated rings. The summed E-state index contributed by atoms with van der Waals surface area (Å²) in [5, 5.41) is 2.53. The third-order valence-corrected chi connectivity index (χ3v) is 7.42. The summed E-state index contributed by atoms with van der Waals surface area (Å²) in [6.45, 7) is 5.01. The van der Waals surface area contributed by atoms with Crippen LogP contribution in [0.3, 0.4) is 0 Å². The first kappa shape index (κ1) is 22.9. The van der Waals surface area contributed by atoms with Gasteiger partial charge >= 0.3 is 0 Å². The van der Waals surface area contributed by atoms with Crippen LogP contribution in [0.5, 0.6) is 11.6 Å². The molecule has 0 spiro atoms. The zero-order chi connectivity index (χ0) is 23.9. The molecule has 1 aromatic carbocycles. The Balaban J connectivity index is 1.95. The van der Waals surface area contributed by atoms with Crippen molar-refractivity contribution in [2.45, 2.75) is 20.8 Å². The van der Waals surface area contributed by atoms with Crippen LogP contribution in [0.15, 0.2) is 46.8 Å². The number of hydrogen-bond acceptors (Lipinski definition) is 6. The number of aryl methyl sites for hydroxylation is 3. The number of pyridine rings is 2. The van der Waals surface area contributed by atoms with E-state index in [9.17, 15) is 17.6 Å². The molecular weight excluding hydrogens is 465 g/mol. The van der Waals surface area contributed by atoms with Crippen LogP contribution in [0.2, 0.25) is 0 Å². The van der Waals surface area contributed by atoms with Gasteiger partial charge in [-0.05, 0) is 61.5 Å². The van der Waals surface area contributed by atoms with E-state index in [0.717, 1.165) is 0 Å². The highest BCUT2D eigenvalue weighted by Crippen LogP contribution is 2.39. The second kappa shape index (κ2) is 8.60. The maximum absolute atomic E-state index is 13.8. The largest absolute Gasteiger partial charge is 0.438 e. The molecule has 10 heteroatoms.